The first-order valence-electron chi connectivity index (χ1n) is 7.71. The predicted molar refractivity (Wildman–Crippen MR) is 77.9 cm³/mol. The third-order valence-electron chi connectivity index (χ3n) is 4.43. The molecule has 0 bridgehead atoms. The maximum absolute atomic E-state index is 13.0. The summed E-state index contributed by atoms with van der Waals surface area (Å²) in [5.41, 5.74) is 0.177. The topological polar surface area (TPSA) is 45.1 Å². The maximum atomic E-state index is 13.0. The zero-order valence-corrected chi connectivity index (χ0v) is 12.2. The van der Waals surface area contributed by atoms with Crippen molar-refractivity contribution in [2.24, 2.45) is 0 Å². The third-order valence-corrected chi connectivity index (χ3v) is 4.43. The fourth-order valence-electron chi connectivity index (χ4n) is 3.07. The fourth-order valence-corrected chi connectivity index (χ4v) is 3.07. The van der Waals surface area contributed by atoms with Gasteiger partial charge in [-0.3, -0.25) is 4.98 Å². The number of hydrogen-bond acceptors (Lipinski definition) is 3. The molecule has 2 N–H and O–H groups in total. The number of hydrogen-bond donors (Lipinski definition) is 2. The van der Waals surface area contributed by atoms with Gasteiger partial charge in [-0.15, -0.1) is 0 Å². The summed E-state index contributed by atoms with van der Waals surface area (Å²) in [6, 6.07) is 3.51. The smallest absolute Gasteiger partial charge is 0.141 e. The summed E-state index contributed by atoms with van der Waals surface area (Å²) in [7, 11) is 0. The van der Waals surface area contributed by atoms with Gasteiger partial charge in [-0.25, -0.2) is 4.39 Å². The van der Waals surface area contributed by atoms with Gasteiger partial charge in [0.05, 0.1) is 24.0 Å². The lowest BCUT2D eigenvalue weighted by Gasteiger charge is -2.35. The van der Waals surface area contributed by atoms with Crippen LogP contribution in [-0.2, 0) is 5.54 Å². The predicted octanol–water partition coefficient (Wildman–Crippen LogP) is 3.13. The van der Waals surface area contributed by atoms with Gasteiger partial charge < -0.3 is 10.4 Å². The molecule has 1 unspecified atom stereocenters. The van der Waals surface area contributed by atoms with Crippen LogP contribution in [0.25, 0.3) is 0 Å². The van der Waals surface area contributed by atoms with Crippen molar-refractivity contribution in [2.45, 2.75) is 63.5 Å². The lowest BCUT2D eigenvalue weighted by Crippen LogP contribution is -2.50. The van der Waals surface area contributed by atoms with Crippen molar-refractivity contribution in [1.82, 2.24) is 10.3 Å². The number of rotatable bonds is 5. The molecular weight excluding hydrogens is 255 g/mol. The molecule has 0 spiro atoms. The molecule has 1 atom stereocenters. The first kappa shape index (κ1) is 15.4. The van der Waals surface area contributed by atoms with Crippen molar-refractivity contribution >= 4 is 0 Å². The quantitative estimate of drug-likeness (QED) is 0.815. The van der Waals surface area contributed by atoms with E-state index >= 15 is 0 Å². The van der Waals surface area contributed by atoms with E-state index in [4.69, 9.17) is 0 Å². The molecule has 112 valence electrons. The molecule has 0 aliphatic heterocycles. The average molecular weight is 280 g/mol. The van der Waals surface area contributed by atoms with Crippen molar-refractivity contribution < 1.29 is 9.50 Å². The molecule has 1 fully saturated rings. The molecule has 2 rings (SSSR count). The first-order valence-corrected chi connectivity index (χ1v) is 7.71. The second-order valence-electron chi connectivity index (χ2n) is 5.79. The summed E-state index contributed by atoms with van der Waals surface area (Å²) in [4.78, 5) is 4.18. The Bertz CT molecular complexity index is 395. The largest absolute Gasteiger partial charge is 0.394 e. The molecule has 0 amide bonds. The highest BCUT2D eigenvalue weighted by atomic mass is 19.1. The van der Waals surface area contributed by atoms with Gasteiger partial charge in [-0.05, 0) is 31.4 Å². The maximum Gasteiger partial charge on any atom is 0.141 e. The fraction of sp³-hybridized carbons (Fsp3) is 0.688. The van der Waals surface area contributed by atoms with E-state index in [9.17, 15) is 9.50 Å². The van der Waals surface area contributed by atoms with E-state index in [0.29, 0.717) is 6.04 Å². The van der Waals surface area contributed by atoms with E-state index < -0.39 is 5.54 Å². The lowest BCUT2D eigenvalue weighted by molar-refractivity contribution is 0.133. The standard InChI is InChI=1S/C16H25FN2O/c1-2-16(12-20,15-10-9-13(17)11-18-15)19-14-7-5-3-4-6-8-14/h9-11,14,19-20H,2-8,12H2,1H3. The molecule has 1 aliphatic rings. The highest BCUT2D eigenvalue weighted by Crippen LogP contribution is 2.27. The highest BCUT2D eigenvalue weighted by molar-refractivity contribution is 5.17. The average Bonchev–Trinajstić information content (AvgIpc) is 2.74. The van der Waals surface area contributed by atoms with E-state index in [-0.39, 0.29) is 12.4 Å². The SMILES string of the molecule is CCC(CO)(NC1CCCCCC1)c1ccc(F)cn1. The van der Waals surface area contributed by atoms with Crippen LogP contribution in [0, 0.1) is 5.82 Å². The molecule has 1 saturated carbocycles. The van der Waals surface area contributed by atoms with Crippen LogP contribution in [0.5, 0.6) is 0 Å². The van der Waals surface area contributed by atoms with Gasteiger partial charge >= 0.3 is 0 Å². The summed E-state index contributed by atoms with van der Waals surface area (Å²) in [6.07, 6.45) is 9.31. The van der Waals surface area contributed by atoms with E-state index in [0.717, 1.165) is 25.0 Å². The van der Waals surface area contributed by atoms with Crippen LogP contribution < -0.4 is 5.32 Å². The Morgan fingerprint density at radius 1 is 1.30 bits per heavy atom. The van der Waals surface area contributed by atoms with Crippen molar-refractivity contribution in [3.63, 3.8) is 0 Å². The minimum Gasteiger partial charge on any atom is -0.394 e. The summed E-state index contributed by atoms with van der Waals surface area (Å²) in [5, 5.41) is 13.5. The van der Waals surface area contributed by atoms with Crippen LogP contribution in [0.2, 0.25) is 0 Å². The van der Waals surface area contributed by atoms with Crippen LogP contribution in [0.15, 0.2) is 18.3 Å². The summed E-state index contributed by atoms with van der Waals surface area (Å²) < 4.78 is 13.0. The lowest BCUT2D eigenvalue weighted by atomic mass is 9.90. The van der Waals surface area contributed by atoms with E-state index in [2.05, 4.69) is 10.3 Å². The van der Waals surface area contributed by atoms with Gasteiger partial charge in [0.2, 0.25) is 0 Å². The van der Waals surface area contributed by atoms with Crippen molar-refractivity contribution in [3.8, 4) is 0 Å². The number of nitrogens with zero attached hydrogens (tertiary/aromatic N) is 1. The molecule has 1 heterocycles. The molecule has 1 aromatic heterocycles. The number of aliphatic hydroxyl groups excluding tert-OH is 1. The number of halogens is 1. The normalized spacial score (nSPS) is 20.4. The second kappa shape index (κ2) is 7.14. The highest BCUT2D eigenvalue weighted by Gasteiger charge is 2.33. The summed E-state index contributed by atoms with van der Waals surface area (Å²) in [5.74, 6) is -0.342. The molecule has 4 heteroatoms. The monoisotopic (exact) mass is 280 g/mol. The van der Waals surface area contributed by atoms with Gasteiger partial charge in [0.15, 0.2) is 0 Å². The first-order chi connectivity index (χ1) is 9.70. The van der Waals surface area contributed by atoms with Crippen LogP contribution in [-0.4, -0.2) is 22.7 Å². The Hall–Kier alpha value is -1.00. The molecule has 1 aromatic rings. The molecule has 1 aliphatic carbocycles. The minimum absolute atomic E-state index is 0.0152. The Kier molecular flexibility index (Phi) is 5.49. The van der Waals surface area contributed by atoms with Gasteiger partial charge in [0.1, 0.15) is 5.82 Å². The Balaban J connectivity index is 2.17. The minimum atomic E-state index is -0.553. The Labute approximate surface area is 120 Å². The molecule has 20 heavy (non-hydrogen) atoms. The summed E-state index contributed by atoms with van der Waals surface area (Å²) >= 11 is 0. The van der Waals surface area contributed by atoms with E-state index in [1.165, 1.54) is 37.9 Å². The summed E-state index contributed by atoms with van der Waals surface area (Å²) in [6.45, 7) is 2.02. The van der Waals surface area contributed by atoms with Gasteiger partial charge in [-0.2, -0.15) is 0 Å². The molecule has 3 nitrogen and oxygen atoms in total. The molecule has 0 radical (unpaired) electrons. The third kappa shape index (κ3) is 3.55. The van der Waals surface area contributed by atoms with Crippen molar-refractivity contribution in [2.75, 3.05) is 6.61 Å². The number of nitrogens with one attached hydrogen (secondary N) is 1. The van der Waals surface area contributed by atoms with E-state index in [1.807, 2.05) is 6.92 Å². The van der Waals surface area contributed by atoms with Crippen LogP contribution in [0.3, 0.4) is 0 Å². The van der Waals surface area contributed by atoms with Crippen LogP contribution in [0.1, 0.15) is 57.6 Å². The van der Waals surface area contributed by atoms with Crippen molar-refractivity contribution in [1.29, 1.82) is 0 Å². The Morgan fingerprint density at radius 3 is 2.50 bits per heavy atom. The Morgan fingerprint density at radius 2 is 2.00 bits per heavy atom. The zero-order valence-electron chi connectivity index (χ0n) is 12.2. The zero-order chi connectivity index (χ0) is 14.4. The number of aromatic nitrogens is 1. The molecular formula is C16H25FN2O. The van der Waals surface area contributed by atoms with Gasteiger partial charge in [0, 0.05) is 6.04 Å². The van der Waals surface area contributed by atoms with Gasteiger partial charge in [0.25, 0.3) is 0 Å². The number of aliphatic hydroxyl groups is 1. The molecule has 0 aromatic carbocycles. The van der Waals surface area contributed by atoms with E-state index in [1.54, 1.807) is 6.07 Å². The number of pyridine rings is 1. The van der Waals surface area contributed by atoms with Crippen molar-refractivity contribution in [3.05, 3.63) is 29.8 Å². The second-order valence-corrected chi connectivity index (χ2v) is 5.79. The molecule has 0 saturated heterocycles. The van der Waals surface area contributed by atoms with Gasteiger partial charge in [-0.1, -0.05) is 32.6 Å². The van der Waals surface area contributed by atoms with Crippen LogP contribution >= 0.6 is 0 Å². The van der Waals surface area contributed by atoms with Crippen LogP contribution in [0.4, 0.5) is 4.39 Å².